The van der Waals surface area contributed by atoms with Gasteiger partial charge in [-0.1, -0.05) is 83.4 Å². The number of nitrogens with zero attached hydrogens (tertiary/aromatic N) is 2. The Labute approximate surface area is 221 Å². The Kier molecular flexibility index (Phi) is 11.0. The topological polar surface area (TPSA) is 93.7 Å². The maximum Gasteiger partial charge on any atom is 0.306 e. The number of fused-ring (bicyclic) bond motifs is 1. The molecule has 7 nitrogen and oxygen atoms in total. The first-order chi connectivity index (χ1) is 17.9. The zero-order valence-electron chi connectivity index (χ0n) is 22.8. The molecule has 2 N–H and O–H groups in total. The van der Waals surface area contributed by atoms with Crippen LogP contribution in [0.4, 0.5) is 0 Å². The second-order valence-corrected chi connectivity index (χ2v) is 10.5. The van der Waals surface area contributed by atoms with Gasteiger partial charge in [0, 0.05) is 43.2 Å². The van der Waals surface area contributed by atoms with E-state index >= 15 is 0 Å². The number of rotatable bonds is 16. The van der Waals surface area contributed by atoms with Gasteiger partial charge in [0.1, 0.15) is 5.54 Å². The van der Waals surface area contributed by atoms with Gasteiger partial charge in [0.05, 0.1) is 6.42 Å². The molecule has 204 valence electrons. The second-order valence-electron chi connectivity index (χ2n) is 10.5. The fourth-order valence-corrected chi connectivity index (χ4v) is 5.73. The van der Waals surface area contributed by atoms with Crippen LogP contribution in [0.2, 0.25) is 0 Å². The van der Waals surface area contributed by atoms with Crippen molar-refractivity contribution in [3.8, 4) is 0 Å². The number of carboxylic acids is 1. The number of aromatic amines is 1. The van der Waals surface area contributed by atoms with Crippen molar-refractivity contribution in [2.45, 2.75) is 103 Å². The van der Waals surface area contributed by atoms with Crippen LogP contribution < -0.4 is 0 Å². The minimum absolute atomic E-state index is 0.0873. The number of unbranched alkanes of at least 4 members (excludes halogenated alkanes) is 8. The molecule has 0 aliphatic carbocycles. The molecule has 3 rings (SSSR count). The summed E-state index contributed by atoms with van der Waals surface area (Å²) in [6.45, 7) is 5.37. The summed E-state index contributed by atoms with van der Waals surface area (Å²) in [7, 11) is 0. The zero-order chi connectivity index (χ0) is 26.7. The highest BCUT2D eigenvalue weighted by molar-refractivity contribution is 5.95. The van der Waals surface area contributed by atoms with Crippen LogP contribution in [0.15, 0.2) is 30.5 Å². The number of carbonyl (C=O) groups is 3. The second kappa shape index (κ2) is 14.2. The van der Waals surface area contributed by atoms with Gasteiger partial charge in [-0.15, -0.1) is 0 Å². The first-order valence-electron chi connectivity index (χ1n) is 14.3. The molecule has 0 saturated carbocycles. The number of nitrogens with one attached hydrogen (secondary N) is 1. The quantitative estimate of drug-likeness (QED) is 0.273. The van der Waals surface area contributed by atoms with Crippen molar-refractivity contribution >= 4 is 28.7 Å². The van der Waals surface area contributed by atoms with Crippen molar-refractivity contribution in [1.29, 1.82) is 0 Å². The molecule has 2 heterocycles. The molecule has 1 atom stereocenters. The Morgan fingerprint density at radius 1 is 0.973 bits per heavy atom. The minimum Gasteiger partial charge on any atom is -0.481 e. The van der Waals surface area contributed by atoms with Gasteiger partial charge >= 0.3 is 5.97 Å². The van der Waals surface area contributed by atoms with Gasteiger partial charge in [-0.3, -0.25) is 14.4 Å². The number of hydrogen-bond acceptors (Lipinski definition) is 3. The summed E-state index contributed by atoms with van der Waals surface area (Å²) in [6, 6.07) is 8.07. The van der Waals surface area contributed by atoms with E-state index in [1.54, 1.807) is 9.80 Å². The van der Waals surface area contributed by atoms with E-state index < -0.39 is 11.5 Å². The van der Waals surface area contributed by atoms with Crippen LogP contribution in [-0.4, -0.2) is 62.8 Å². The summed E-state index contributed by atoms with van der Waals surface area (Å²) in [5.74, 6) is -1.37. The van der Waals surface area contributed by atoms with Gasteiger partial charge < -0.3 is 19.9 Å². The van der Waals surface area contributed by atoms with E-state index in [0.717, 1.165) is 35.7 Å². The van der Waals surface area contributed by atoms with Crippen molar-refractivity contribution < 1.29 is 19.5 Å². The Balaban J connectivity index is 1.57. The molecule has 0 radical (unpaired) electrons. The molecule has 7 heteroatoms. The van der Waals surface area contributed by atoms with Crippen molar-refractivity contribution in [1.82, 2.24) is 14.8 Å². The van der Waals surface area contributed by atoms with E-state index in [1.807, 2.05) is 31.3 Å². The zero-order valence-corrected chi connectivity index (χ0v) is 22.8. The van der Waals surface area contributed by atoms with Gasteiger partial charge in [0.25, 0.3) is 0 Å². The van der Waals surface area contributed by atoms with Crippen LogP contribution in [-0.2, 0) is 20.8 Å². The fourth-order valence-electron chi connectivity index (χ4n) is 5.73. The van der Waals surface area contributed by atoms with Crippen LogP contribution in [0.1, 0.15) is 96.5 Å². The van der Waals surface area contributed by atoms with E-state index in [-0.39, 0.29) is 18.2 Å². The molecule has 1 fully saturated rings. The average molecular weight is 512 g/mol. The summed E-state index contributed by atoms with van der Waals surface area (Å²) in [5, 5.41) is 10.8. The van der Waals surface area contributed by atoms with Crippen LogP contribution >= 0.6 is 0 Å². The van der Waals surface area contributed by atoms with E-state index in [1.165, 1.54) is 38.5 Å². The number of aliphatic carboxylic acids is 1. The number of piperazine rings is 1. The third-order valence-corrected chi connectivity index (χ3v) is 7.95. The lowest BCUT2D eigenvalue weighted by atomic mass is 9.85. The number of hydrogen-bond donors (Lipinski definition) is 2. The van der Waals surface area contributed by atoms with Crippen molar-refractivity contribution in [2.24, 2.45) is 0 Å². The van der Waals surface area contributed by atoms with E-state index in [0.29, 0.717) is 38.9 Å². The Bertz CT molecular complexity index is 1030. The molecule has 0 spiro atoms. The number of para-hydroxylation sites is 1. The molecule has 37 heavy (non-hydrogen) atoms. The number of amides is 2. The maximum absolute atomic E-state index is 13.7. The predicted octanol–water partition coefficient (Wildman–Crippen LogP) is 5.93. The molecule has 0 bridgehead atoms. The molecule has 1 aromatic heterocycles. The molecule has 1 aliphatic rings. The number of carboxylic acid groups (broad SMARTS) is 1. The SMILES string of the molecule is CCCCCCCCCCCC(=O)N1CCN(CCc2c[nH]c3ccccc23)C(=O)C1(CC)CC(=O)O. The largest absolute Gasteiger partial charge is 0.481 e. The average Bonchev–Trinajstić information content (AvgIpc) is 3.31. The summed E-state index contributed by atoms with van der Waals surface area (Å²) in [5.41, 5.74) is 0.887. The van der Waals surface area contributed by atoms with Crippen molar-refractivity contribution in [2.75, 3.05) is 19.6 Å². The van der Waals surface area contributed by atoms with Gasteiger partial charge in [-0.2, -0.15) is 0 Å². The highest BCUT2D eigenvalue weighted by Gasteiger charge is 2.51. The molecule has 1 aliphatic heterocycles. The predicted molar refractivity (Wildman–Crippen MR) is 147 cm³/mol. The smallest absolute Gasteiger partial charge is 0.306 e. The van der Waals surface area contributed by atoms with E-state index in [9.17, 15) is 19.5 Å². The Morgan fingerprint density at radius 3 is 2.32 bits per heavy atom. The Morgan fingerprint density at radius 2 is 1.65 bits per heavy atom. The summed E-state index contributed by atoms with van der Waals surface area (Å²) >= 11 is 0. The lowest BCUT2D eigenvalue weighted by molar-refractivity contribution is -0.166. The molecule has 2 amide bonds. The molecule has 1 saturated heterocycles. The van der Waals surface area contributed by atoms with Crippen LogP contribution in [0, 0.1) is 0 Å². The van der Waals surface area contributed by atoms with Gasteiger partial charge in [0.2, 0.25) is 11.8 Å². The van der Waals surface area contributed by atoms with E-state index in [4.69, 9.17) is 0 Å². The monoisotopic (exact) mass is 511 g/mol. The molecule has 2 aromatic rings. The van der Waals surface area contributed by atoms with Crippen LogP contribution in [0.25, 0.3) is 10.9 Å². The summed E-state index contributed by atoms with van der Waals surface area (Å²) < 4.78 is 0. The number of benzene rings is 1. The molecule has 1 aromatic carbocycles. The highest BCUT2D eigenvalue weighted by Crippen LogP contribution is 2.32. The standard InChI is InChI=1S/C30H45N3O4/c1-3-5-6-7-8-9-10-11-12-17-27(34)33-21-20-32(29(37)30(33,4-2)22-28(35)36)19-18-24-23-31-26-16-14-13-15-25(24)26/h13-16,23,31H,3-12,17-22H2,1-2H3,(H,35,36). The van der Waals surface area contributed by atoms with Crippen LogP contribution in [0.3, 0.4) is 0 Å². The molecule has 1 unspecified atom stereocenters. The molecular weight excluding hydrogens is 466 g/mol. The normalized spacial score (nSPS) is 18.1. The lowest BCUT2D eigenvalue weighted by Gasteiger charge is -2.49. The number of carbonyl (C=O) groups excluding carboxylic acids is 2. The van der Waals surface area contributed by atoms with Gasteiger partial charge in [-0.05, 0) is 30.9 Å². The third-order valence-electron chi connectivity index (χ3n) is 7.95. The number of H-pyrrole nitrogens is 1. The summed E-state index contributed by atoms with van der Waals surface area (Å²) in [6.07, 6.45) is 13.5. The van der Waals surface area contributed by atoms with E-state index in [2.05, 4.69) is 18.0 Å². The lowest BCUT2D eigenvalue weighted by Crippen LogP contribution is -2.67. The highest BCUT2D eigenvalue weighted by atomic mass is 16.4. The van der Waals surface area contributed by atoms with Crippen LogP contribution in [0.5, 0.6) is 0 Å². The van der Waals surface area contributed by atoms with Gasteiger partial charge in [-0.25, -0.2) is 0 Å². The first-order valence-corrected chi connectivity index (χ1v) is 14.3. The van der Waals surface area contributed by atoms with Crippen molar-refractivity contribution in [3.05, 3.63) is 36.0 Å². The molecular formula is C30H45N3O4. The third kappa shape index (κ3) is 7.36. The fraction of sp³-hybridized carbons (Fsp3) is 0.633. The minimum atomic E-state index is -1.30. The first kappa shape index (κ1) is 28.7. The summed E-state index contributed by atoms with van der Waals surface area (Å²) in [4.78, 5) is 45.5. The Hall–Kier alpha value is -2.83. The number of aromatic nitrogens is 1. The van der Waals surface area contributed by atoms with Crippen molar-refractivity contribution in [3.63, 3.8) is 0 Å². The maximum atomic E-state index is 13.7. The van der Waals surface area contributed by atoms with Gasteiger partial charge in [0.15, 0.2) is 0 Å².